The van der Waals surface area contributed by atoms with Gasteiger partial charge in [-0.1, -0.05) is 136 Å². The van der Waals surface area contributed by atoms with E-state index in [-0.39, 0.29) is 47.7 Å². The molecule has 0 saturated carbocycles. The first-order chi connectivity index (χ1) is 35.2. The molecule has 4 heterocycles. The second-order valence-electron chi connectivity index (χ2n) is 17.9. The molecule has 4 aliphatic heterocycles. The van der Waals surface area contributed by atoms with Crippen LogP contribution in [0, 0.1) is 11.8 Å². The van der Waals surface area contributed by atoms with Crippen molar-refractivity contribution in [2.45, 2.75) is 24.9 Å². The van der Waals surface area contributed by atoms with Gasteiger partial charge in [-0.25, -0.2) is 9.59 Å². The number of anilines is 4. The minimum absolute atomic E-state index is 0.150. The number of halogens is 6. The minimum atomic E-state index is -0.383. The summed E-state index contributed by atoms with van der Waals surface area (Å²) in [5.41, 5.74) is 8.98. The van der Waals surface area contributed by atoms with Gasteiger partial charge in [0.15, 0.2) is 0 Å². The summed E-state index contributed by atoms with van der Waals surface area (Å²) in [6, 6.07) is 32.7. The molecule has 4 amide bonds. The maximum absolute atomic E-state index is 13.3. The Labute approximate surface area is 453 Å². The van der Waals surface area contributed by atoms with Crippen molar-refractivity contribution >= 4 is 116 Å². The molecule has 4 atom stereocenters. The van der Waals surface area contributed by atoms with Crippen LogP contribution in [-0.2, 0) is 32.2 Å². The number of nitrogens with zero attached hydrogens (tertiary/aromatic N) is 3. The minimum Gasteiger partial charge on any atom is -0.469 e. The number of amides is 4. The Balaban J connectivity index is 0.000000180. The van der Waals surface area contributed by atoms with Crippen molar-refractivity contribution in [1.29, 1.82) is 0 Å². The van der Waals surface area contributed by atoms with Gasteiger partial charge in [-0.15, -0.1) is 6.58 Å². The molecule has 376 valence electrons. The number of ether oxygens (including phenoxy) is 2. The molecule has 0 bridgehead atoms. The number of likely N-dealkylation sites (tertiary alicyclic amines) is 1. The Hall–Kier alpha value is -5.80. The third-order valence-electron chi connectivity index (χ3n) is 13.7. The van der Waals surface area contributed by atoms with Crippen molar-refractivity contribution in [2.75, 3.05) is 56.7 Å². The number of benzene rings is 6. The van der Waals surface area contributed by atoms with Crippen LogP contribution in [0.1, 0.15) is 34.1 Å². The summed E-state index contributed by atoms with van der Waals surface area (Å²) in [5.74, 6) is -1.62. The lowest BCUT2D eigenvalue weighted by atomic mass is 9.84. The highest BCUT2D eigenvalue weighted by atomic mass is 35.5. The second-order valence-corrected chi connectivity index (χ2v) is 20.3. The van der Waals surface area contributed by atoms with Crippen LogP contribution in [0.2, 0.25) is 30.1 Å². The van der Waals surface area contributed by atoms with Crippen molar-refractivity contribution in [3.05, 3.63) is 174 Å². The molecule has 12 nitrogen and oxygen atoms in total. The summed E-state index contributed by atoms with van der Waals surface area (Å²) in [5, 5.41) is 11.7. The van der Waals surface area contributed by atoms with Crippen molar-refractivity contribution in [3.63, 3.8) is 0 Å². The summed E-state index contributed by atoms with van der Waals surface area (Å²) < 4.78 is 10.2. The van der Waals surface area contributed by atoms with Gasteiger partial charge in [0.2, 0.25) is 0 Å². The van der Waals surface area contributed by atoms with Gasteiger partial charge in [-0.2, -0.15) is 0 Å². The standard InChI is InChI=1S/C29H26Cl3N3O3.C26H22Cl3N3O3/c1-3-11-34-15-21(22(16-34)28(36)38-2)17-12-19(18-7-4-5-8-23(18)30)20-14-33-29(37)35(26(20)13-17)27-24(31)9-6-10-25(27)32;1-35-25(33)19-12-30-11-17(19)14-9-16(15-5-2-3-6-20(15)27)18-13-31-26(34)32(23(18)10-14)24-21(28)7-4-8-22(24)29/h3-10,12-13,21-22H,1,11,14-16H2,2H3,(H,33,37);2-10,17,19,30H,11-13H2,1H3,(H,31,34)/t21?,22-;17?,19-/m00/s1. The van der Waals surface area contributed by atoms with Gasteiger partial charge in [0.1, 0.15) is 0 Å². The van der Waals surface area contributed by atoms with Crippen LogP contribution in [0.25, 0.3) is 22.3 Å². The fourth-order valence-corrected chi connectivity index (χ4v) is 11.9. The lowest BCUT2D eigenvalue weighted by Crippen LogP contribution is -2.42. The summed E-state index contributed by atoms with van der Waals surface area (Å²) in [7, 11) is 2.80. The van der Waals surface area contributed by atoms with Crippen LogP contribution >= 0.6 is 69.6 Å². The number of hydrogen-bond acceptors (Lipinski definition) is 8. The number of rotatable bonds is 10. The maximum Gasteiger partial charge on any atom is 0.326 e. The number of hydrogen-bond donors (Lipinski definition) is 3. The molecule has 0 aromatic heterocycles. The molecule has 6 aromatic rings. The number of carbonyl (C=O) groups is 4. The summed E-state index contributed by atoms with van der Waals surface area (Å²) in [6.07, 6.45) is 1.82. The Morgan fingerprint density at radius 2 is 1.01 bits per heavy atom. The van der Waals surface area contributed by atoms with Gasteiger partial charge >= 0.3 is 24.0 Å². The number of nitrogens with one attached hydrogen (secondary N) is 3. The smallest absolute Gasteiger partial charge is 0.326 e. The van der Waals surface area contributed by atoms with E-state index in [4.69, 9.17) is 79.1 Å². The molecular weight excluding hydrogens is 1050 g/mol. The second kappa shape index (κ2) is 22.4. The van der Waals surface area contributed by atoms with Crippen LogP contribution in [0.5, 0.6) is 0 Å². The molecule has 0 radical (unpaired) electrons. The van der Waals surface area contributed by atoms with E-state index >= 15 is 0 Å². The number of fused-ring (bicyclic) bond motifs is 2. The van der Waals surface area contributed by atoms with Gasteiger partial charge in [0.05, 0.1) is 68.9 Å². The van der Waals surface area contributed by atoms with Crippen LogP contribution < -0.4 is 25.8 Å². The van der Waals surface area contributed by atoms with Crippen molar-refractivity contribution in [2.24, 2.45) is 11.8 Å². The SMILES string of the molecule is C=CCN1CC(c2cc(-c3ccccc3Cl)c3c(c2)N(c2c(Cl)cccc2Cl)C(=O)NC3)[C@@H](C(=O)OC)C1.COC(=O)[C@H]1CNCC1c1cc(-c2ccccc2Cl)c2c(c1)N(c1c(Cl)cccc1Cl)C(=O)NC2. The van der Waals surface area contributed by atoms with Crippen LogP contribution in [0.4, 0.5) is 32.3 Å². The molecule has 0 aliphatic carbocycles. The number of carbonyl (C=O) groups excluding carboxylic acids is 4. The molecule has 2 unspecified atom stereocenters. The van der Waals surface area contributed by atoms with E-state index in [0.717, 1.165) is 44.5 Å². The molecule has 4 aliphatic rings. The van der Waals surface area contributed by atoms with E-state index < -0.39 is 0 Å². The lowest BCUT2D eigenvalue weighted by Gasteiger charge is -2.34. The number of esters is 2. The monoisotopic (exact) mass is 1100 g/mol. The Bertz CT molecular complexity index is 3130. The molecule has 18 heteroatoms. The van der Waals surface area contributed by atoms with E-state index in [9.17, 15) is 19.2 Å². The zero-order chi connectivity index (χ0) is 51.7. The topological polar surface area (TPSA) is 133 Å². The predicted molar refractivity (Wildman–Crippen MR) is 291 cm³/mol. The molecule has 6 aromatic carbocycles. The summed E-state index contributed by atoms with van der Waals surface area (Å²) in [4.78, 5) is 57.1. The fourth-order valence-electron chi connectivity index (χ4n) is 10.3. The van der Waals surface area contributed by atoms with Crippen molar-refractivity contribution in [1.82, 2.24) is 20.9 Å². The molecule has 2 fully saturated rings. The van der Waals surface area contributed by atoms with Crippen molar-refractivity contribution in [3.8, 4) is 22.3 Å². The van der Waals surface area contributed by atoms with Crippen molar-refractivity contribution < 1.29 is 28.7 Å². The highest BCUT2D eigenvalue weighted by Crippen LogP contribution is 2.49. The Morgan fingerprint density at radius 3 is 1.47 bits per heavy atom. The van der Waals surface area contributed by atoms with E-state index in [2.05, 4.69) is 39.6 Å². The van der Waals surface area contributed by atoms with E-state index in [1.165, 1.54) is 24.0 Å². The first kappa shape index (κ1) is 52.1. The number of urea groups is 2. The van der Waals surface area contributed by atoms with E-state index in [1.807, 2.05) is 66.7 Å². The highest BCUT2D eigenvalue weighted by Gasteiger charge is 2.42. The molecule has 0 spiro atoms. The zero-order valence-electron chi connectivity index (χ0n) is 39.5. The first-order valence-corrected chi connectivity index (χ1v) is 25.6. The van der Waals surface area contributed by atoms with Gasteiger partial charge in [0, 0.05) is 89.9 Å². The number of methoxy groups -OCH3 is 2. The lowest BCUT2D eigenvalue weighted by molar-refractivity contribution is -0.146. The predicted octanol–water partition coefficient (Wildman–Crippen LogP) is 13.2. The fraction of sp³-hybridized carbons (Fsp3) is 0.236. The Kier molecular flexibility index (Phi) is 15.9. The molecular formula is C55H48Cl6N6O6. The van der Waals surface area contributed by atoms with Gasteiger partial charge in [-0.3, -0.25) is 24.3 Å². The summed E-state index contributed by atoms with van der Waals surface area (Å²) in [6.45, 7) is 7.38. The highest BCUT2D eigenvalue weighted by molar-refractivity contribution is 6.41. The molecule has 3 N–H and O–H groups in total. The quantitative estimate of drug-likeness (QED) is 0.0913. The van der Waals surface area contributed by atoms with Gasteiger partial charge in [0.25, 0.3) is 0 Å². The van der Waals surface area contributed by atoms with Crippen LogP contribution in [0.15, 0.2) is 122 Å². The summed E-state index contributed by atoms with van der Waals surface area (Å²) >= 11 is 39.5. The third-order valence-corrected chi connectivity index (χ3v) is 15.6. The first-order valence-electron chi connectivity index (χ1n) is 23.3. The maximum atomic E-state index is 13.3. The average molecular weight is 1100 g/mol. The normalized spacial score (nSPS) is 19.2. The third kappa shape index (κ3) is 10.2. The molecule has 73 heavy (non-hydrogen) atoms. The largest absolute Gasteiger partial charge is 0.469 e. The van der Waals surface area contributed by atoms with Gasteiger partial charge < -0.3 is 25.4 Å². The number of para-hydroxylation sites is 2. The van der Waals surface area contributed by atoms with Crippen LogP contribution in [0.3, 0.4) is 0 Å². The zero-order valence-corrected chi connectivity index (χ0v) is 44.0. The molecule has 10 rings (SSSR count). The van der Waals surface area contributed by atoms with E-state index in [1.54, 1.807) is 36.4 Å². The molecule has 2 saturated heterocycles. The van der Waals surface area contributed by atoms with Crippen LogP contribution in [-0.4, -0.2) is 75.8 Å². The Morgan fingerprint density at radius 1 is 0.575 bits per heavy atom. The van der Waals surface area contributed by atoms with Gasteiger partial charge in [-0.05, 0) is 70.8 Å². The average Bonchev–Trinajstić information content (AvgIpc) is 4.06. The van der Waals surface area contributed by atoms with E-state index in [0.29, 0.717) is 98.7 Å².